The molecule has 1 aliphatic carbocycles. The third-order valence-corrected chi connectivity index (χ3v) is 3.44. The maximum Gasteiger partial charge on any atom is 0.332 e. The zero-order valence-corrected chi connectivity index (χ0v) is 9.76. The van der Waals surface area contributed by atoms with Crippen LogP contribution in [0.5, 0.6) is 0 Å². The Morgan fingerprint density at radius 2 is 1.94 bits per heavy atom. The standard InChI is InChI=1S/C13H15N3O/c1-15-8-9-16(12(15)17)11-5-3-2-4-10(11)13(14)6-7-13/h2-5,8-9H,6-7,14H2,1H3. The number of para-hydroxylation sites is 1. The van der Waals surface area contributed by atoms with Gasteiger partial charge in [-0.15, -0.1) is 0 Å². The molecule has 0 unspecified atom stereocenters. The fourth-order valence-corrected chi connectivity index (χ4v) is 2.16. The highest BCUT2D eigenvalue weighted by Gasteiger charge is 2.41. The highest BCUT2D eigenvalue weighted by molar-refractivity contribution is 5.47. The van der Waals surface area contributed by atoms with Crippen molar-refractivity contribution in [2.24, 2.45) is 12.8 Å². The lowest BCUT2D eigenvalue weighted by Gasteiger charge is -2.14. The van der Waals surface area contributed by atoms with E-state index in [1.165, 1.54) is 0 Å². The van der Waals surface area contributed by atoms with Gasteiger partial charge in [0.05, 0.1) is 5.69 Å². The first-order valence-corrected chi connectivity index (χ1v) is 5.75. The minimum atomic E-state index is -0.230. The summed E-state index contributed by atoms with van der Waals surface area (Å²) in [6.07, 6.45) is 5.53. The van der Waals surface area contributed by atoms with Gasteiger partial charge in [0, 0.05) is 25.0 Å². The summed E-state index contributed by atoms with van der Waals surface area (Å²) >= 11 is 0. The molecule has 0 atom stereocenters. The van der Waals surface area contributed by atoms with E-state index in [1.54, 1.807) is 28.6 Å². The molecule has 0 saturated heterocycles. The normalized spacial score (nSPS) is 17.1. The molecule has 2 aromatic rings. The summed E-state index contributed by atoms with van der Waals surface area (Å²) in [5, 5.41) is 0. The van der Waals surface area contributed by atoms with E-state index in [0.717, 1.165) is 24.1 Å². The molecule has 1 aromatic carbocycles. The smallest absolute Gasteiger partial charge is 0.321 e. The van der Waals surface area contributed by atoms with E-state index in [4.69, 9.17) is 5.73 Å². The Labute approximate surface area is 99.3 Å². The summed E-state index contributed by atoms with van der Waals surface area (Å²) in [5.41, 5.74) is 7.93. The number of aryl methyl sites for hydroxylation is 1. The van der Waals surface area contributed by atoms with Crippen molar-refractivity contribution in [3.05, 3.63) is 52.7 Å². The van der Waals surface area contributed by atoms with Crippen LogP contribution in [0.15, 0.2) is 41.5 Å². The molecule has 0 spiro atoms. The van der Waals surface area contributed by atoms with Gasteiger partial charge in [-0.1, -0.05) is 18.2 Å². The largest absolute Gasteiger partial charge is 0.332 e. The van der Waals surface area contributed by atoms with Gasteiger partial charge in [0.25, 0.3) is 0 Å². The minimum absolute atomic E-state index is 0.0401. The lowest BCUT2D eigenvalue weighted by atomic mass is 10.0. The molecule has 0 amide bonds. The van der Waals surface area contributed by atoms with Crippen LogP contribution in [0.1, 0.15) is 18.4 Å². The third kappa shape index (κ3) is 1.52. The lowest BCUT2D eigenvalue weighted by molar-refractivity contribution is 0.724. The molecule has 1 fully saturated rings. The Hall–Kier alpha value is -1.81. The lowest BCUT2D eigenvalue weighted by Crippen LogP contribution is -2.26. The van der Waals surface area contributed by atoms with Crippen LogP contribution in [0.4, 0.5) is 0 Å². The van der Waals surface area contributed by atoms with Crippen LogP contribution >= 0.6 is 0 Å². The number of hydrogen-bond acceptors (Lipinski definition) is 2. The van der Waals surface area contributed by atoms with Crippen molar-refractivity contribution in [1.82, 2.24) is 9.13 Å². The summed E-state index contributed by atoms with van der Waals surface area (Å²) in [7, 11) is 1.75. The van der Waals surface area contributed by atoms with Crippen LogP contribution in [0, 0.1) is 0 Å². The summed E-state index contributed by atoms with van der Waals surface area (Å²) < 4.78 is 3.22. The molecule has 4 nitrogen and oxygen atoms in total. The molecule has 1 saturated carbocycles. The molecule has 0 aliphatic heterocycles. The van der Waals surface area contributed by atoms with Gasteiger partial charge in [0.15, 0.2) is 0 Å². The predicted octanol–water partition coefficient (Wildman–Crippen LogP) is 1.12. The SMILES string of the molecule is Cn1ccn(-c2ccccc2C2(N)CC2)c1=O. The van der Waals surface area contributed by atoms with Crippen LogP contribution in [-0.4, -0.2) is 9.13 Å². The van der Waals surface area contributed by atoms with Crippen LogP contribution < -0.4 is 11.4 Å². The van der Waals surface area contributed by atoms with Crippen molar-refractivity contribution in [3.8, 4) is 5.69 Å². The second-order valence-corrected chi connectivity index (χ2v) is 4.73. The first-order valence-electron chi connectivity index (χ1n) is 5.75. The maximum atomic E-state index is 12.0. The zero-order chi connectivity index (χ0) is 12.0. The first kappa shape index (κ1) is 10.4. The molecule has 1 aromatic heterocycles. The molecule has 4 heteroatoms. The van der Waals surface area contributed by atoms with E-state index >= 15 is 0 Å². The van der Waals surface area contributed by atoms with Crippen molar-refractivity contribution in [1.29, 1.82) is 0 Å². The number of aromatic nitrogens is 2. The van der Waals surface area contributed by atoms with Crippen molar-refractivity contribution in [3.63, 3.8) is 0 Å². The fourth-order valence-electron chi connectivity index (χ4n) is 2.16. The van der Waals surface area contributed by atoms with Gasteiger partial charge in [-0.05, 0) is 24.5 Å². The highest BCUT2D eigenvalue weighted by Crippen LogP contribution is 2.44. The Bertz CT molecular complexity index is 620. The van der Waals surface area contributed by atoms with E-state index in [-0.39, 0.29) is 11.2 Å². The van der Waals surface area contributed by atoms with Crippen LogP contribution in [0.25, 0.3) is 5.69 Å². The minimum Gasteiger partial charge on any atom is -0.321 e. The molecule has 0 bridgehead atoms. The van der Waals surface area contributed by atoms with Gasteiger partial charge < -0.3 is 10.3 Å². The van der Waals surface area contributed by atoms with Gasteiger partial charge in [-0.2, -0.15) is 0 Å². The number of benzene rings is 1. The molecule has 1 aliphatic rings. The number of imidazole rings is 1. The van der Waals surface area contributed by atoms with Crippen molar-refractivity contribution in [2.45, 2.75) is 18.4 Å². The third-order valence-electron chi connectivity index (χ3n) is 3.44. The van der Waals surface area contributed by atoms with E-state index in [9.17, 15) is 4.79 Å². The van der Waals surface area contributed by atoms with Gasteiger partial charge >= 0.3 is 5.69 Å². The highest BCUT2D eigenvalue weighted by atomic mass is 16.1. The van der Waals surface area contributed by atoms with E-state index < -0.39 is 0 Å². The molecule has 88 valence electrons. The Kier molecular flexibility index (Phi) is 2.03. The summed E-state index contributed by atoms with van der Waals surface area (Å²) in [4.78, 5) is 12.0. The number of rotatable bonds is 2. The summed E-state index contributed by atoms with van der Waals surface area (Å²) in [5.74, 6) is 0. The monoisotopic (exact) mass is 229 g/mol. The molecule has 1 heterocycles. The number of hydrogen-bond donors (Lipinski definition) is 1. The molecular formula is C13H15N3O. The predicted molar refractivity (Wildman–Crippen MR) is 66.1 cm³/mol. The van der Waals surface area contributed by atoms with Crippen molar-refractivity contribution >= 4 is 0 Å². The van der Waals surface area contributed by atoms with Crippen molar-refractivity contribution in [2.75, 3.05) is 0 Å². The Morgan fingerprint density at radius 1 is 1.24 bits per heavy atom. The molecule has 2 N–H and O–H groups in total. The van der Waals surface area contributed by atoms with Gasteiger partial charge in [-0.25, -0.2) is 4.79 Å². The quantitative estimate of drug-likeness (QED) is 0.839. The second kappa shape index (κ2) is 3.34. The van der Waals surface area contributed by atoms with Gasteiger partial charge in [-0.3, -0.25) is 4.57 Å². The Balaban J connectivity index is 2.22. The topological polar surface area (TPSA) is 52.9 Å². The zero-order valence-electron chi connectivity index (χ0n) is 9.76. The summed E-state index contributed by atoms with van der Waals surface area (Å²) in [6.45, 7) is 0. The van der Waals surface area contributed by atoms with E-state index in [0.29, 0.717) is 0 Å². The molecular weight excluding hydrogens is 214 g/mol. The summed E-state index contributed by atoms with van der Waals surface area (Å²) in [6, 6.07) is 7.87. The second-order valence-electron chi connectivity index (χ2n) is 4.73. The van der Waals surface area contributed by atoms with Gasteiger partial charge in [0.2, 0.25) is 0 Å². The van der Waals surface area contributed by atoms with Crippen molar-refractivity contribution < 1.29 is 0 Å². The van der Waals surface area contributed by atoms with E-state index in [2.05, 4.69) is 0 Å². The Morgan fingerprint density at radius 3 is 2.53 bits per heavy atom. The number of nitrogens with two attached hydrogens (primary N) is 1. The van der Waals surface area contributed by atoms with Crippen LogP contribution in [-0.2, 0) is 12.6 Å². The van der Waals surface area contributed by atoms with Crippen LogP contribution in [0.3, 0.4) is 0 Å². The van der Waals surface area contributed by atoms with E-state index in [1.807, 2.05) is 24.3 Å². The fraction of sp³-hybridized carbons (Fsp3) is 0.308. The van der Waals surface area contributed by atoms with Crippen LogP contribution in [0.2, 0.25) is 0 Å². The van der Waals surface area contributed by atoms with Gasteiger partial charge in [0.1, 0.15) is 0 Å². The number of nitrogens with zero attached hydrogens (tertiary/aromatic N) is 2. The molecule has 3 rings (SSSR count). The first-order chi connectivity index (χ1) is 8.12. The average Bonchev–Trinajstić information content (AvgIpc) is 3.00. The average molecular weight is 229 g/mol. The maximum absolute atomic E-state index is 12.0. The molecule has 17 heavy (non-hydrogen) atoms. The molecule has 0 radical (unpaired) electrons.